The van der Waals surface area contributed by atoms with Crippen LogP contribution >= 0.6 is 24.0 Å². The number of rotatable bonds is 7. The van der Waals surface area contributed by atoms with Gasteiger partial charge in [-0.25, -0.2) is 0 Å². The highest BCUT2D eigenvalue weighted by molar-refractivity contribution is 6.30. The molecule has 2 aromatic carbocycles. The number of hydrogen-bond acceptors (Lipinski definition) is 4. The molecule has 4 rings (SSSR count). The Hall–Kier alpha value is -3.09. The van der Waals surface area contributed by atoms with Crippen LogP contribution in [0.25, 0.3) is 11.3 Å². The zero-order valence-corrected chi connectivity index (χ0v) is 18.6. The summed E-state index contributed by atoms with van der Waals surface area (Å²) in [6, 6.07) is 16.8. The molecular formula is C24H22Cl2N2O4. The lowest BCUT2D eigenvalue weighted by Gasteiger charge is -2.14. The monoisotopic (exact) mass is 472 g/mol. The van der Waals surface area contributed by atoms with Crippen molar-refractivity contribution in [1.82, 2.24) is 4.98 Å². The van der Waals surface area contributed by atoms with E-state index >= 15 is 0 Å². The molecule has 0 amide bonds. The summed E-state index contributed by atoms with van der Waals surface area (Å²) in [5, 5.41) is 22.3. The number of carboxylic acid groups (broad SMARTS) is 2. The number of fused-ring (bicyclic) bond motifs is 1. The third-order valence-corrected chi connectivity index (χ3v) is 5.67. The van der Waals surface area contributed by atoms with E-state index in [4.69, 9.17) is 26.8 Å². The molecule has 0 radical (unpaired) electrons. The predicted octanol–water partition coefficient (Wildman–Crippen LogP) is 5.38. The molecule has 32 heavy (non-hydrogen) atoms. The van der Waals surface area contributed by atoms with Gasteiger partial charge in [-0.3, -0.25) is 14.6 Å². The summed E-state index contributed by atoms with van der Waals surface area (Å²) in [6.45, 7) is 0. The molecule has 0 atom stereocenters. The molecule has 0 bridgehead atoms. The highest BCUT2D eigenvalue weighted by Crippen LogP contribution is 2.34. The van der Waals surface area contributed by atoms with Crippen LogP contribution in [0.4, 0.5) is 11.4 Å². The van der Waals surface area contributed by atoms with E-state index < -0.39 is 17.9 Å². The highest BCUT2D eigenvalue weighted by atomic mass is 35.5. The Morgan fingerprint density at radius 2 is 1.75 bits per heavy atom. The van der Waals surface area contributed by atoms with Crippen LogP contribution in [0, 0.1) is 5.92 Å². The second-order valence-electron chi connectivity index (χ2n) is 7.60. The van der Waals surface area contributed by atoms with Gasteiger partial charge in [0.1, 0.15) is 0 Å². The summed E-state index contributed by atoms with van der Waals surface area (Å²) >= 11 is 6.15. The van der Waals surface area contributed by atoms with Crippen molar-refractivity contribution in [3.05, 3.63) is 76.4 Å². The second kappa shape index (κ2) is 10.0. The second-order valence-corrected chi connectivity index (χ2v) is 8.04. The number of pyridine rings is 1. The molecule has 1 heterocycles. The lowest BCUT2D eigenvalue weighted by atomic mass is 9.99. The summed E-state index contributed by atoms with van der Waals surface area (Å²) in [4.78, 5) is 27.1. The number of anilines is 2. The number of nitrogens with zero attached hydrogens (tertiary/aromatic N) is 1. The van der Waals surface area contributed by atoms with E-state index in [1.165, 1.54) is 5.56 Å². The van der Waals surface area contributed by atoms with Crippen molar-refractivity contribution in [2.75, 3.05) is 5.32 Å². The Kier molecular flexibility index (Phi) is 7.38. The first-order chi connectivity index (χ1) is 14.9. The van der Waals surface area contributed by atoms with Gasteiger partial charge < -0.3 is 15.5 Å². The third-order valence-electron chi connectivity index (χ3n) is 5.44. The lowest BCUT2D eigenvalue weighted by molar-refractivity contribution is -0.154. The fraction of sp³-hybridized carbons (Fsp3) is 0.208. The average Bonchev–Trinajstić information content (AvgIpc) is 3.22. The van der Waals surface area contributed by atoms with Gasteiger partial charge >= 0.3 is 11.9 Å². The number of aryl methyl sites for hydroxylation is 1. The van der Waals surface area contributed by atoms with Crippen LogP contribution in [0.3, 0.4) is 0 Å². The predicted molar refractivity (Wildman–Crippen MR) is 126 cm³/mol. The van der Waals surface area contributed by atoms with E-state index in [2.05, 4.69) is 5.32 Å². The number of carboxylic acids is 2. The SMILES string of the molecule is Cl.O=C(O)C(Cc1ccc(Nc2cc(-c3cccc(Cl)c3)nc3c2CCC3)cc1)C(=O)O. The molecule has 1 aliphatic carbocycles. The zero-order chi connectivity index (χ0) is 22.0. The number of aromatic nitrogens is 1. The number of halogens is 2. The summed E-state index contributed by atoms with van der Waals surface area (Å²) in [5.41, 5.74) is 6.57. The van der Waals surface area contributed by atoms with E-state index in [0.717, 1.165) is 47.6 Å². The Morgan fingerprint density at radius 1 is 1.03 bits per heavy atom. The maximum Gasteiger partial charge on any atom is 0.318 e. The molecule has 0 unspecified atom stereocenters. The molecule has 0 fully saturated rings. The van der Waals surface area contributed by atoms with E-state index in [0.29, 0.717) is 10.6 Å². The first-order valence-corrected chi connectivity index (χ1v) is 10.4. The number of nitrogens with one attached hydrogen (secondary N) is 1. The van der Waals surface area contributed by atoms with Crippen molar-refractivity contribution >= 4 is 47.3 Å². The summed E-state index contributed by atoms with van der Waals surface area (Å²) in [7, 11) is 0. The van der Waals surface area contributed by atoms with Crippen LogP contribution < -0.4 is 5.32 Å². The van der Waals surface area contributed by atoms with Crippen molar-refractivity contribution in [3.8, 4) is 11.3 Å². The van der Waals surface area contributed by atoms with E-state index in [-0.39, 0.29) is 18.8 Å². The van der Waals surface area contributed by atoms with Crippen molar-refractivity contribution in [2.45, 2.75) is 25.7 Å². The molecule has 3 N–H and O–H groups in total. The molecule has 0 spiro atoms. The lowest BCUT2D eigenvalue weighted by Crippen LogP contribution is -2.25. The largest absolute Gasteiger partial charge is 0.481 e. The van der Waals surface area contributed by atoms with Gasteiger partial charge in [-0.1, -0.05) is 35.9 Å². The molecule has 6 nitrogen and oxygen atoms in total. The molecule has 1 aliphatic rings. The number of aliphatic carboxylic acids is 2. The molecule has 8 heteroatoms. The third kappa shape index (κ3) is 5.21. The van der Waals surface area contributed by atoms with Crippen LogP contribution in [-0.4, -0.2) is 27.1 Å². The van der Waals surface area contributed by atoms with Crippen LogP contribution in [0.1, 0.15) is 23.2 Å². The van der Waals surface area contributed by atoms with E-state index in [9.17, 15) is 9.59 Å². The Balaban J connectivity index is 0.00000289. The molecule has 0 saturated heterocycles. The maximum absolute atomic E-state index is 11.1. The minimum atomic E-state index is -1.46. The molecule has 1 aromatic heterocycles. The molecule has 0 saturated carbocycles. The van der Waals surface area contributed by atoms with Crippen LogP contribution in [-0.2, 0) is 28.9 Å². The van der Waals surface area contributed by atoms with Gasteiger partial charge in [-0.05, 0) is 67.1 Å². The van der Waals surface area contributed by atoms with E-state index in [1.807, 2.05) is 42.5 Å². The Labute approximate surface area is 196 Å². The van der Waals surface area contributed by atoms with Crippen LogP contribution in [0.15, 0.2) is 54.6 Å². The first-order valence-electron chi connectivity index (χ1n) is 10.0. The molecule has 3 aromatic rings. The van der Waals surface area contributed by atoms with Crippen molar-refractivity contribution in [3.63, 3.8) is 0 Å². The smallest absolute Gasteiger partial charge is 0.318 e. The summed E-state index contributed by atoms with van der Waals surface area (Å²) < 4.78 is 0. The molecule has 166 valence electrons. The minimum Gasteiger partial charge on any atom is -0.481 e. The fourth-order valence-corrected chi connectivity index (χ4v) is 4.04. The average molecular weight is 473 g/mol. The van der Waals surface area contributed by atoms with Gasteiger partial charge in [0.05, 0.1) is 5.69 Å². The Morgan fingerprint density at radius 3 is 2.41 bits per heavy atom. The Bertz CT molecular complexity index is 1140. The minimum absolute atomic E-state index is 0. The molecule has 0 aliphatic heterocycles. The van der Waals surface area contributed by atoms with Gasteiger partial charge in [0.2, 0.25) is 0 Å². The quantitative estimate of drug-likeness (QED) is 0.399. The van der Waals surface area contributed by atoms with Gasteiger partial charge in [0.15, 0.2) is 5.92 Å². The standard InChI is InChI=1S/C24H21ClN2O4.ClH/c25-16-4-1-3-15(12-16)21-13-22(18-5-2-6-20(18)27-21)26-17-9-7-14(8-10-17)11-19(23(28)29)24(30)31;/h1,3-4,7-10,12-13,19H,2,5-6,11H2,(H,26,27)(H,28,29)(H,30,31);1H. The topological polar surface area (TPSA) is 99.5 Å². The normalized spacial score (nSPS) is 12.2. The highest BCUT2D eigenvalue weighted by Gasteiger charge is 2.26. The number of benzene rings is 2. The number of hydrogen-bond donors (Lipinski definition) is 3. The van der Waals surface area contributed by atoms with Crippen molar-refractivity contribution in [2.24, 2.45) is 5.92 Å². The van der Waals surface area contributed by atoms with Gasteiger partial charge in [-0.15, -0.1) is 12.4 Å². The van der Waals surface area contributed by atoms with Crippen LogP contribution in [0.5, 0.6) is 0 Å². The van der Waals surface area contributed by atoms with Gasteiger partial charge in [0.25, 0.3) is 0 Å². The fourth-order valence-electron chi connectivity index (χ4n) is 3.85. The van der Waals surface area contributed by atoms with Crippen molar-refractivity contribution < 1.29 is 19.8 Å². The summed E-state index contributed by atoms with van der Waals surface area (Å²) in [5.74, 6) is -4.13. The summed E-state index contributed by atoms with van der Waals surface area (Å²) in [6.07, 6.45) is 2.88. The maximum atomic E-state index is 11.1. The van der Waals surface area contributed by atoms with Crippen LogP contribution in [0.2, 0.25) is 5.02 Å². The zero-order valence-electron chi connectivity index (χ0n) is 17.0. The first kappa shape index (κ1) is 23.6. The van der Waals surface area contributed by atoms with E-state index in [1.54, 1.807) is 12.1 Å². The molecular weight excluding hydrogens is 451 g/mol. The van der Waals surface area contributed by atoms with Crippen molar-refractivity contribution in [1.29, 1.82) is 0 Å². The number of carbonyl (C=O) groups is 2. The van der Waals surface area contributed by atoms with Gasteiger partial charge in [0, 0.05) is 27.7 Å². The van der Waals surface area contributed by atoms with Gasteiger partial charge in [-0.2, -0.15) is 0 Å².